The van der Waals surface area contributed by atoms with Gasteiger partial charge in [-0.05, 0) is 72.8 Å². The Morgan fingerprint density at radius 3 is 0.353 bits per heavy atom. The molecule has 1 aliphatic rings. The third-order valence-electron chi connectivity index (χ3n) is 13.8. The third kappa shape index (κ3) is 22.8. The molecule has 6 aromatic rings. The zero-order valence-electron chi connectivity index (χ0n) is 52.8. The summed E-state index contributed by atoms with van der Waals surface area (Å²) in [6, 6.07) is 13.7. The van der Waals surface area contributed by atoms with Gasteiger partial charge >= 0.3 is 71.6 Å². The van der Waals surface area contributed by atoms with Crippen molar-refractivity contribution in [3.8, 4) is 69.0 Å². The van der Waals surface area contributed by atoms with Gasteiger partial charge in [-0.3, -0.25) is 0 Å². The highest BCUT2D eigenvalue weighted by molar-refractivity contribution is 5.75. The van der Waals surface area contributed by atoms with Crippen molar-refractivity contribution >= 4 is 71.6 Å². The third-order valence-corrected chi connectivity index (χ3v) is 13.8. The van der Waals surface area contributed by atoms with E-state index in [-0.39, 0.29) is 101 Å². The Balaban J connectivity index is 1.76. The standard InChI is InChI=1S/C66H60O36/c67-49(68)19-91-43-7-31-1-32-8-44(92-20-50(69)70)10-34(62(32)98-26-56(81)82)3-36-12-46(94-22-52(73)74)14-38(64(36)100-28-58(85)86)5-40-16-48(96-24-54(77)78)18-42(66(40)102-30-60(89)90)6-41-17-47(95-23-53(75)76)15-39(65(41)101-29-59(87)88)4-37-13-45(93-21-51(71)72)11-35(63(37)99-27-57(83)84)2-33(9-43)61(31)97-25-55(79)80/h7-18H,1-6,19-30H2,(H,67,68)(H,69,70)(H,71,72)(H,73,74)(H,75,76)(H,77,78)(H,79,80)(H,81,82)(H,83,84)(H,85,86)(H,87,88)(H,89,90). The van der Waals surface area contributed by atoms with Crippen molar-refractivity contribution in [1.82, 2.24) is 0 Å². The molecule has 36 heteroatoms. The van der Waals surface area contributed by atoms with Gasteiger partial charge in [-0.2, -0.15) is 0 Å². The number of benzene rings is 6. The van der Waals surface area contributed by atoms with Crippen LogP contribution in [0.4, 0.5) is 0 Å². The number of hydrogen-bond donors (Lipinski definition) is 12. The van der Waals surface area contributed by atoms with Gasteiger partial charge in [-0.1, -0.05) is 0 Å². The summed E-state index contributed by atoms with van der Waals surface area (Å²) in [4.78, 5) is 148. The molecule has 540 valence electrons. The first-order chi connectivity index (χ1) is 48.4. The van der Waals surface area contributed by atoms with E-state index in [1.807, 2.05) is 0 Å². The van der Waals surface area contributed by atoms with Crippen LogP contribution in [-0.4, -0.2) is 212 Å². The Hall–Kier alpha value is -13.4. The summed E-state index contributed by atoms with van der Waals surface area (Å²) >= 11 is 0. The number of hydrogen-bond acceptors (Lipinski definition) is 24. The van der Waals surface area contributed by atoms with Crippen LogP contribution in [0.1, 0.15) is 66.8 Å². The van der Waals surface area contributed by atoms with Crippen LogP contribution in [0.5, 0.6) is 69.0 Å². The van der Waals surface area contributed by atoms with Crippen LogP contribution >= 0.6 is 0 Å². The van der Waals surface area contributed by atoms with Crippen LogP contribution in [0.25, 0.3) is 0 Å². The number of carbonyl (C=O) groups is 12. The summed E-state index contributed by atoms with van der Waals surface area (Å²) in [5.41, 5.74) is -2.40. The summed E-state index contributed by atoms with van der Waals surface area (Å²) in [5.74, 6) is -23.5. The molecule has 7 rings (SSSR count). The van der Waals surface area contributed by atoms with Gasteiger partial charge in [0, 0.05) is 105 Å². The average molecular weight is 1430 g/mol. The number of aliphatic carboxylic acids is 12. The van der Waals surface area contributed by atoms with Gasteiger partial charge < -0.3 is 118 Å². The molecule has 0 spiro atoms. The minimum atomic E-state index is -1.61. The van der Waals surface area contributed by atoms with Gasteiger partial charge in [0.05, 0.1) is 0 Å². The summed E-state index contributed by atoms with van der Waals surface area (Å²) in [5, 5.41) is 120. The molecule has 0 fully saturated rings. The van der Waals surface area contributed by atoms with E-state index in [2.05, 4.69) is 0 Å². The summed E-state index contributed by atoms with van der Waals surface area (Å²) in [7, 11) is 0. The lowest BCUT2D eigenvalue weighted by atomic mass is 9.90. The highest BCUT2D eigenvalue weighted by Crippen LogP contribution is 2.45. The fourth-order valence-corrected chi connectivity index (χ4v) is 10.4. The van der Waals surface area contributed by atoms with Gasteiger partial charge in [-0.15, -0.1) is 0 Å². The largest absolute Gasteiger partial charge is 0.482 e. The molecule has 0 atom stereocenters. The van der Waals surface area contributed by atoms with Crippen molar-refractivity contribution < 1.29 is 176 Å². The second-order valence-electron chi connectivity index (χ2n) is 21.7. The molecule has 6 aromatic carbocycles. The molecule has 0 saturated heterocycles. The topological polar surface area (TPSA) is 558 Å². The summed E-state index contributed by atoms with van der Waals surface area (Å²) in [6.45, 7) is -13.6. The van der Waals surface area contributed by atoms with E-state index in [9.17, 15) is 119 Å². The van der Waals surface area contributed by atoms with E-state index in [0.717, 1.165) is 72.8 Å². The van der Waals surface area contributed by atoms with Crippen molar-refractivity contribution in [1.29, 1.82) is 0 Å². The predicted molar refractivity (Wildman–Crippen MR) is 333 cm³/mol. The minimum Gasteiger partial charge on any atom is -0.482 e. The zero-order chi connectivity index (χ0) is 74.5. The van der Waals surface area contributed by atoms with E-state index in [1.165, 1.54) is 0 Å². The molecule has 36 nitrogen and oxygen atoms in total. The monoisotopic (exact) mass is 1430 g/mol. The van der Waals surface area contributed by atoms with Crippen LogP contribution in [0, 0.1) is 0 Å². The SMILES string of the molecule is O=C(O)COc1cc2c(OCC(=O)O)c(c1)Cc1cc(OCC(=O)O)cc(c1OCC(=O)O)Cc1cc(OCC(=O)O)cc(c1OCC(=O)O)Cc1cc(OCC(=O)O)cc(c1OCC(=O)O)Cc1cc(OCC(=O)O)cc(c1OCC(=O)O)Cc1cc(OCC(=O)O)cc(c1OCC(=O)O)C2. The minimum absolute atomic E-state index is 0.200. The van der Waals surface area contributed by atoms with E-state index in [4.69, 9.17) is 56.8 Å². The second-order valence-corrected chi connectivity index (χ2v) is 21.7. The summed E-state index contributed by atoms with van der Waals surface area (Å²) in [6.07, 6.45) is -4.13. The van der Waals surface area contributed by atoms with E-state index < -0.39 is 224 Å². The van der Waals surface area contributed by atoms with Crippen molar-refractivity contribution in [2.75, 3.05) is 79.3 Å². The van der Waals surface area contributed by atoms with Crippen LogP contribution < -0.4 is 56.8 Å². The molecule has 1 aliphatic carbocycles. The van der Waals surface area contributed by atoms with Gasteiger partial charge in [0.25, 0.3) is 0 Å². The van der Waals surface area contributed by atoms with Crippen molar-refractivity contribution in [3.63, 3.8) is 0 Å². The zero-order valence-corrected chi connectivity index (χ0v) is 52.8. The Bertz CT molecular complexity index is 3430. The Morgan fingerprint density at radius 2 is 0.265 bits per heavy atom. The number of carboxylic acids is 12. The lowest BCUT2D eigenvalue weighted by Crippen LogP contribution is -2.17. The fourth-order valence-electron chi connectivity index (χ4n) is 10.4. The normalized spacial score (nSPS) is 11.5. The molecular weight excluding hydrogens is 1370 g/mol. The van der Waals surface area contributed by atoms with Crippen molar-refractivity contribution in [2.45, 2.75) is 38.5 Å². The van der Waals surface area contributed by atoms with Gasteiger partial charge in [0.2, 0.25) is 0 Å². The van der Waals surface area contributed by atoms with Crippen molar-refractivity contribution in [2.24, 2.45) is 0 Å². The highest BCUT2D eigenvalue weighted by Gasteiger charge is 2.29. The number of fused-ring (bicyclic) bond motifs is 12. The van der Waals surface area contributed by atoms with E-state index >= 15 is 0 Å². The molecule has 102 heavy (non-hydrogen) atoms. The Morgan fingerprint density at radius 1 is 0.176 bits per heavy atom. The molecule has 0 saturated carbocycles. The van der Waals surface area contributed by atoms with Crippen molar-refractivity contribution in [3.05, 3.63) is 140 Å². The second kappa shape index (κ2) is 35.2. The van der Waals surface area contributed by atoms with Crippen LogP contribution in [0.2, 0.25) is 0 Å². The van der Waals surface area contributed by atoms with Gasteiger partial charge in [-0.25, -0.2) is 57.5 Å². The maximum atomic E-state index is 12.5. The van der Waals surface area contributed by atoms with Gasteiger partial charge in [0.1, 0.15) is 69.0 Å². The smallest absolute Gasteiger partial charge is 0.341 e. The van der Waals surface area contributed by atoms with Gasteiger partial charge in [0.15, 0.2) is 79.3 Å². The molecular formula is C66H60O36. The summed E-state index contributed by atoms with van der Waals surface area (Å²) < 4.78 is 70.2. The first-order valence-corrected chi connectivity index (χ1v) is 29.5. The average Bonchev–Trinajstić information content (AvgIpc) is 0.784. The fraction of sp³-hybridized carbons (Fsp3) is 0.273. The maximum Gasteiger partial charge on any atom is 0.341 e. The quantitative estimate of drug-likeness (QED) is 0.0268. The molecule has 0 unspecified atom stereocenters. The number of rotatable bonds is 36. The molecule has 12 bridgehead atoms. The molecule has 12 N–H and O–H groups in total. The molecule has 0 aliphatic heterocycles. The van der Waals surface area contributed by atoms with Crippen LogP contribution in [-0.2, 0) is 96.1 Å². The first-order valence-electron chi connectivity index (χ1n) is 29.5. The lowest BCUT2D eigenvalue weighted by Gasteiger charge is -2.24. The Labute approximate surface area is 571 Å². The molecule has 0 aromatic heterocycles. The van der Waals surface area contributed by atoms with E-state index in [0.29, 0.717) is 0 Å². The first kappa shape index (κ1) is 75.9. The number of carboxylic acid groups (broad SMARTS) is 12. The number of ether oxygens (including phenoxy) is 12. The van der Waals surface area contributed by atoms with E-state index in [1.54, 1.807) is 0 Å². The van der Waals surface area contributed by atoms with Crippen LogP contribution in [0.15, 0.2) is 72.8 Å². The molecule has 0 heterocycles. The van der Waals surface area contributed by atoms with Crippen LogP contribution in [0.3, 0.4) is 0 Å². The Kier molecular flexibility index (Phi) is 26.2. The lowest BCUT2D eigenvalue weighted by molar-refractivity contribution is -0.140. The molecule has 0 radical (unpaired) electrons. The maximum absolute atomic E-state index is 12.5. The highest BCUT2D eigenvalue weighted by atomic mass is 16.6. The molecule has 0 amide bonds. The predicted octanol–water partition coefficient (Wildman–Crippen LogP) is 3.11.